The van der Waals surface area contributed by atoms with Gasteiger partial charge in [-0.2, -0.15) is 0 Å². The fourth-order valence-corrected chi connectivity index (χ4v) is 2.95. The lowest BCUT2D eigenvalue weighted by atomic mass is 10.2. The number of hydrogen-bond acceptors (Lipinski definition) is 7. The Morgan fingerprint density at radius 1 is 1.00 bits per heavy atom. The molecule has 1 N–H and O–H groups in total. The molecule has 0 unspecified atom stereocenters. The zero-order chi connectivity index (χ0) is 21.3. The molecule has 0 spiro atoms. The number of terminal acetylenes is 1. The lowest BCUT2D eigenvalue weighted by Gasteiger charge is -2.15. The normalized spacial score (nSPS) is 10.6. The van der Waals surface area contributed by atoms with E-state index in [9.17, 15) is 0 Å². The van der Waals surface area contributed by atoms with Crippen molar-refractivity contribution < 1.29 is 18.9 Å². The number of aromatic nitrogens is 2. The monoisotopic (exact) mass is 427 g/mol. The van der Waals surface area contributed by atoms with E-state index >= 15 is 0 Å². The molecular formula is C22H22ClN3O4. The van der Waals surface area contributed by atoms with Gasteiger partial charge in [0, 0.05) is 31.2 Å². The highest BCUT2D eigenvalue weighted by atomic mass is 35.5. The van der Waals surface area contributed by atoms with Gasteiger partial charge in [-0.25, -0.2) is 9.97 Å². The van der Waals surface area contributed by atoms with E-state index in [1.54, 1.807) is 26.4 Å². The topological polar surface area (TPSA) is 74.7 Å². The van der Waals surface area contributed by atoms with E-state index in [1.165, 1.54) is 6.33 Å². The SMILES string of the molecule is C#Cc1cccc(Nc2ncnc3cc(OCCOC)c(OCCOC)cc23)c1Cl. The Morgan fingerprint density at radius 2 is 1.70 bits per heavy atom. The van der Waals surface area contributed by atoms with Gasteiger partial charge < -0.3 is 24.3 Å². The van der Waals surface area contributed by atoms with Crippen LogP contribution >= 0.6 is 11.6 Å². The maximum atomic E-state index is 6.40. The van der Waals surface area contributed by atoms with Crippen LogP contribution in [0.4, 0.5) is 11.5 Å². The summed E-state index contributed by atoms with van der Waals surface area (Å²) in [6, 6.07) is 9.06. The molecule has 0 bridgehead atoms. The average molecular weight is 428 g/mol. The quantitative estimate of drug-likeness (QED) is 0.386. The lowest BCUT2D eigenvalue weighted by molar-refractivity contribution is 0.132. The van der Waals surface area contributed by atoms with E-state index in [4.69, 9.17) is 37.0 Å². The Labute approximate surface area is 180 Å². The summed E-state index contributed by atoms with van der Waals surface area (Å²) in [5, 5.41) is 4.43. The van der Waals surface area contributed by atoms with Crippen LogP contribution in [0.2, 0.25) is 5.02 Å². The summed E-state index contributed by atoms with van der Waals surface area (Å²) in [6.45, 7) is 1.65. The molecule has 0 aliphatic carbocycles. The van der Waals surface area contributed by atoms with Crippen LogP contribution in [0, 0.1) is 12.3 Å². The molecule has 0 fully saturated rings. The van der Waals surface area contributed by atoms with Gasteiger partial charge in [-0.15, -0.1) is 6.42 Å². The van der Waals surface area contributed by atoms with Gasteiger partial charge in [-0.1, -0.05) is 23.6 Å². The molecule has 1 aromatic heterocycles. The summed E-state index contributed by atoms with van der Waals surface area (Å²) in [5.74, 6) is 4.25. The molecule has 3 aromatic rings. The van der Waals surface area contributed by atoms with Crippen LogP contribution in [0.15, 0.2) is 36.7 Å². The highest BCUT2D eigenvalue weighted by molar-refractivity contribution is 6.34. The molecule has 0 radical (unpaired) electrons. The third-order valence-electron chi connectivity index (χ3n) is 4.20. The predicted octanol–water partition coefficient (Wildman–Crippen LogP) is 4.06. The molecule has 0 amide bonds. The Balaban J connectivity index is 1.99. The van der Waals surface area contributed by atoms with Crippen molar-refractivity contribution in [3.63, 3.8) is 0 Å². The summed E-state index contributed by atoms with van der Waals surface area (Å²) in [7, 11) is 3.23. The van der Waals surface area contributed by atoms with Gasteiger partial charge in [-0.05, 0) is 18.2 Å². The highest BCUT2D eigenvalue weighted by Gasteiger charge is 2.14. The Hall–Kier alpha value is -3.05. The number of nitrogens with one attached hydrogen (secondary N) is 1. The number of rotatable bonds is 10. The van der Waals surface area contributed by atoms with Crippen molar-refractivity contribution in [2.24, 2.45) is 0 Å². The van der Waals surface area contributed by atoms with Crippen LogP contribution in [0.3, 0.4) is 0 Å². The van der Waals surface area contributed by atoms with Gasteiger partial charge in [0.05, 0.1) is 29.4 Å². The van der Waals surface area contributed by atoms with Gasteiger partial charge in [0.15, 0.2) is 11.5 Å². The Morgan fingerprint density at radius 3 is 2.37 bits per heavy atom. The second-order valence-electron chi connectivity index (χ2n) is 6.16. The number of halogens is 1. The van der Waals surface area contributed by atoms with Crippen LogP contribution in [0.1, 0.15) is 5.56 Å². The molecule has 7 nitrogen and oxygen atoms in total. The summed E-state index contributed by atoms with van der Waals surface area (Å²) >= 11 is 6.40. The van der Waals surface area contributed by atoms with E-state index in [0.717, 1.165) is 5.39 Å². The van der Waals surface area contributed by atoms with Gasteiger partial charge >= 0.3 is 0 Å². The van der Waals surface area contributed by atoms with Crippen LogP contribution in [-0.4, -0.2) is 50.6 Å². The third kappa shape index (κ3) is 5.10. The zero-order valence-electron chi connectivity index (χ0n) is 16.8. The molecule has 0 saturated heterocycles. The second kappa shape index (κ2) is 10.6. The molecule has 3 rings (SSSR count). The molecule has 0 aliphatic heterocycles. The summed E-state index contributed by atoms with van der Waals surface area (Å²) in [4.78, 5) is 8.73. The standard InChI is InChI=1S/C22H22ClN3O4/c1-4-15-6-5-7-17(21(15)23)26-22-16-12-19(29-10-8-27-2)20(30-11-9-28-3)13-18(16)24-14-25-22/h1,5-7,12-14H,8-11H2,2-3H3,(H,24,25,26). The third-order valence-corrected chi connectivity index (χ3v) is 4.61. The maximum absolute atomic E-state index is 6.40. The Kier molecular flexibility index (Phi) is 7.69. The molecule has 8 heteroatoms. The summed E-state index contributed by atoms with van der Waals surface area (Å²) in [6.07, 6.45) is 6.98. The van der Waals surface area contributed by atoms with E-state index in [2.05, 4.69) is 21.2 Å². The molecule has 30 heavy (non-hydrogen) atoms. The molecular weight excluding hydrogens is 406 g/mol. The molecule has 1 heterocycles. The first-order chi connectivity index (χ1) is 14.7. The first kappa shape index (κ1) is 21.7. The molecule has 0 atom stereocenters. The first-order valence-electron chi connectivity index (χ1n) is 9.22. The molecule has 0 saturated carbocycles. The van der Waals surface area contributed by atoms with Crippen molar-refractivity contribution in [1.82, 2.24) is 9.97 Å². The number of nitrogens with zero attached hydrogens (tertiary/aromatic N) is 2. The van der Waals surface area contributed by atoms with Crippen LogP contribution < -0.4 is 14.8 Å². The Bertz CT molecular complexity index is 1050. The van der Waals surface area contributed by atoms with Crippen molar-refractivity contribution in [2.45, 2.75) is 0 Å². The van der Waals surface area contributed by atoms with E-state index in [-0.39, 0.29) is 0 Å². The fraction of sp³-hybridized carbons (Fsp3) is 0.273. The summed E-state index contributed by atoms with van der Waals surface area (Å²) in [5.41, 5.74) is 1.93. The predicted molar refractivity (Wildman–Crippen MR) is 117 cm³/mol. The largest absolute Gasteiger partial charge is 0.487 e. The minimum absolute atomic E-state index is 0.370. The van der Waals surface area contributed by atoms with Crippen molar-refractivity contribution in [1.29, 1.82) is 0 Å². The molecule has 156 valence electrons. The van der Waals surface area contributed by atoms with E-state index < -0.39 is 0 Å². The van der Waals surface area contributed by atoms with Gasteiger partial charge in [0.1, 0.15) is 25.4 Å². The minimum Gasteiger partial charge on any atom is -0.487 e. The van der Waals surface area contributed by atoms with Crippen molar-refractivity contribution >= 4 is 34.0 Å². The average Bonchev–Trinajstić information content (AvgIpc) is 2.76. The van der Waals surface area contributed by atoms with Gasteiger partial charge in [0.2, 0.25) is 0 Å². The molecule has 0 aliphatic rings. The molecule has 2 aromatic carbocycles. The van der Waals surface area contributed by atoms with Gasteiger partial charge in [0.25, 0.3) is 0 Å². The van der Waals surface area contributed by atoms with Crippen molar-refractivity contribution in [3.8, 4) is 23.8 Å². The van der Waals surface area contributed by atoms with Crippen LogP contribution in [0.25, 0.3) is 10.9 Å². The number of fused-ring (bicyclic) bond motifs is 1. The van der Waals surface area contributed by atoms with Crippen LogP contribution in [0.5, 0.6) is 11.5 Å². The van der Waals surface area contributed by atoms with Crippen molar-refractivity contribution in [2.75, 3.05) is 46.0 Å². The van der Waals surface area contributed by atoms with E-state index in [0.29, 0.717) is 65.5 Å². The number of methoxy groups -OCH3 is 2. The first-order valence-corrected chi connectivity index (χ1v) is 9.60. The van der Waals surface area contributed by atoms with E-state index in [1.807, 2.05) is 18.2 Å². The maximum Gasteiger partial charge on any atom is 0.163 e. The smallest absolute Gasteiger partial charge is 0.163 e. The number of ether oxygens (including phenoxy) is 4. The number of anilines is 2. The van der Waals surface area contributed by atoms with Crippen LogP contribution in [-0.2, 0) is 9.47 Å². The highest BCUT2D eigenvalue weighted by Crippen LogP contribution is 2.36. The number of hydrogen-bond donors (Lipinski definition) is 1. The summed E-state index contributed by atoms with van der Waals surface area (Å²) < 4.78 is 21.8. The lowest BCUT2D eigenvalue weighted by Crippen LogP contribution is -2.09. The zero-order valence-corrected chi connectivity index (χ0v) is 17.5. The fourth-order valence-electron chi connectivity index (χ4n) is 2.73. The number of benzene rings is 2. The van der Waals surface area contributed by atoms with Crippen molar-refractivity contribution in [3.05, 3.63) is 47.2 Å². The second-order valence-corrected chi connectivity index (χ2v) is 6.54. The van der Waals surface area contributed by atoms with Gasteiger partial charge in [-0.3, -0.25) is 0 Å². The minimum atomic E-state index is 0.370.